The number of esters is 2. The van der Waals surface area contributed by atoms with Crippen molar-refractivity contribution in [3.05, 3.63) is 0 Å². The van der Waals surface area contributed by atoms with E-state index in [1.54, 1.807) is 0 Å². The van der Waals surface area contributed by atoms with Gasteiger partial charge < -0.3 is 34.7 Å². The molecule has 0 aromatic heterocycles. The van der Waals surface area contributed by atoms with Gasteiger partial charge in [0.2, 0.25) is 0 Å². The number of hydrogen-bond acceptors (Lipinski definition) is 6. The molecule has 0 heterocycles. The molecule has 0 atom stereocenters. The van der Waals surface area contributed by atoms with E-state index >= 15 is 0 Å². The Morgan fingerprint density at radius 2 is 0.730 bits per heavy atom. The molecule has 0 aliphatic carbocycles. The van der Waals surface area contributed by atoms with Crippen LogP contribution in [0.3, 0.4) is 0 Å². The average Bonchev–Trinajstić information content (AvgIpc) is 2.84. The molecule has 0 spiro atoms. The first kappa shape index (κ1) is 47.2. The molecule has 0 unspecified atom stereocenters. The molecule has 37 heavy (non-hydrogen) atoms. The van der Waals surface area contributed by atoms with Gasteiger partial charge in [-0.2, -0.15) is 0 Å². The van der Waals surface area contributed by atoms with Gasteiger partial charge in [-0.25, -0.2) is 0 Å². The molecule has 2 radical (unpaired) electrons. The SMILES string of the molecule is C.C.CCCCCCCCCCCC(=O)OCC[S-].CCCCCCCCCCCC(=O)OCC[S-].[Sn+2]. The van der Waals surface area contributed by atoms with Gasteiger partial charge >= 0.3 is 35.8 Å². The Labute approximate surface area is 260 Å². The van der Waals surface area contributed by atoms with Gasteiger partial charge in [-0.15, -0.1) is 11.5 Å². The number of carbonyl (C=O) groups excluding carboxylic acids is 2. The molecule has 0 saturated heterocycles. The van der Waals surface area contributed by atoms with Crippen LogP contribution in [0.15, 0.2) is 0 Å². The van der Waals surface area contributed by atoms with E-state index in [0.29, 0.717) is 37.6 Å². The van der Waals surface area contributed by atoms with Crippen LogP contribution in [-0.4, -0.2) is 60.6 Å². The molecule has 0 bridgehead atoms. The molecule has 0 aromatic rings. The molecule has 0 aliphatic rings. The Morgan fingerprint density at radius 1 is 0.486 bits per heavy atom. The van der Waals surface area contributed by atoms with Gasteiger partial charge in [-0.1, -0.05) is 131 Å². The van der Waals surface area contributed by atoms with Crippen LogP contribution in [0, 0.1) is 0 Å². The molecular weight excluding hydrogens is 607 g/mol. The zero-order valence-corrected chi connectivity index (χ0v) is 27.4. The van der Waals surface area contributed by atoms with Gasteiger partial charge in [0, 0.05) is 12.8 Å². The first-order valence-corrected chi connectivity index (χ1v) is 15.2. The molecule has 0 rings (SSSR count). The summed E-state index contributed by atoms with van der Waals surface area (Å²) >= 11 is 9.41. The molecule has 0 N–H and O–H groups in total. The summed E-state index contributed by atoms with van der Waals surface area (Å²) in [4.78, 5) is 22.3. The number of unbranched alkanes of at least 4 members (excludes halogenated alkanes) is 16. The maximum absolute atomic E-state index is 11.1. The van der Waals surface area contributed by atoms with E-state index < -0.39 is 0 Å². The van der Waals surface area contributed by atoms with Crippen molar-refractivity contribution in [3.63, 3.8) is 0 Å². The van der Waals surface area contributed by atoms with Crippen LogP contribution >= 0.6 is 0 Å². The summed E-state index contributed by atoms with van der Waals surface area (Å²) in [5.74, 6) is 0.836. The third kappa shape index (κ3) is 46.6. The Bertz CT molecular complexity index is 388. The monoisotopic (exact) mass is 670 g/mol. The van der Waals surface area contributed by atoms with Crippen LogP contribution in [0.2, 0.25) is 0 Å². The molecule has 0 amide bonds. The average molecular weight is 670 g/mol. The number of hydrogen-bond donors (Lipinski definition) is 0. The second-order valence-electron chi connectivity index (χ2n) is 9.01. The molecule has 0 aromatic carbocycles. The summed E-state index contributed by atoms with van der Waals surface area (Å²) in [7, 11) is 0. The third-order valence-corrected chi connectivity index (χ3v) is 6.00. The van der Waals surface area contributed by atoms with Crippen molar-refractivity contribution >= 4 is 61.1 Å². The molecule has 7 heteroatoms. The van der Waals surface area contributed by atoms with Crippen LogP contribution in [0.25, 0.3) is 0 Å². The smallest absolute Gasteiger partial charge is 0.789 e. The molecular formula is C30H62O4S2Sn. The minimum atomic E-state index is -0.0854. The molecule has 0 saturated carbocycles. The van der Waals surface area contributed by atoms with Crippen LogP contribution in [0.4, 0.5) is 0 Å². The molecule has 222 valence electrons. The predicted molar refractivity (Wildman–Crippen MR) is 169 cm³/mol. The molecule has 0 aliphatic heterocycles. The number of rotatable bonds is 24. The second-order valence-corrected chi connectivity index (χ2v) is 9.82. The zero-order chi connectivity index (χ0) is 25.5. The summed E-state index contributed by atoms with van der Waals surface area (Å²) in [5, 5.41) is 0. The minimum absolute atomic E-state index is 0. The topological polar surface area (TPSA) is 52.6 Å². The second kappa shape index (κ2) is 43.5. The molecule has 0 fully saturated rings. The Morgan fingerprint density at radius 3 is 0.973 bits per heavy atom. The van der Waals surface area contributed by atoms with Crippen molar-refractivity contribution in [2.75, 3.05) is 24.7 Å². The summed E-state index contributed by atoms with van der Waals surface area (Å²) in [6.07, 6.45) is 24.0. The summed E-state index contributed by atoms with van der Waals surface area (Å²) < 4.78 is 9.84. The molecule has 4 nitrogen and oxygen atoms in total. The van der Waals surface area contributed by atoms with E-state index in [1.165, 1.54) is 89.9 Å². The Balaban J connectivity index is -0.000000171. The van der Waals surface area contributed by atoms with E-state index in [2.05, 4.69) is 13.8 Å². The Kier molecular flexibility index (Phi) is 55.5. The first-order valence-electron chi connectivity index (χ1n) is 14.1. The van der Waals surface area contributed by atoms with Gasteiger partial charge in [0.1, 0.15) is 0 Å². The van der Waals surface area contributed by atoms with Crippen molar-refractivity contribution in [1.29, 1.82) is 0 Å². The Hall–Kier alpha value is 0.439. The van der Waals surface area contributed by atoms with E-state index in [9.17, 15) is 9.59 Å². The largest absolute Gasteiger partial charge is 2.00 e. The van der Waals surface area contributed by atoms with Gasteiger partial charge in [0.15, 0.2) is 0 Å². The van der Waals surface area contributed by atoms with Crippen molar-refractivity contribution in [1.82, 2.24) is 0 Å². The maximum Gasteiger partial charge on any atom is 2.00 e. The van der Waals surface area contributed by atoms with E-state index in [0.717, 1.165) is 25.7 Å². The standard InChI is InChI=1S/2C14H28O2S.2CH4.Sn/c2*1-2-3-4-5-6-7-8-9-10-11-14(15)16-12-13-17;;;/h2*17H,2-13H2,1H3;2*1H4;/q;;;;+2/p-2. The zero-order valence-electron chi connectivity index (χ0n) is 22.9. The van der Waals surface area contributed by atoms with Crippen LogP contribution < -0.4 is 0 Å². The fourth-order valence-corrected chi connectivity index (χ4v) is 3.78. The minimum Gasteiger partial charge on any atom is -0.789 e. The van der Waals surface area contributed by atoms with Gasteiger partial charge in [0.25, 0.3) is 0 Å². The van der Waals surface area contributed by atoms with E-state index in [-0.39, 0.29) is 50.7 Å². The fourth-order valence-electron chi connectivity index (χ4n) is 3.62. The summed E-state index contributed by atoms with van der Waals surface area (Å²) in [5.41, 5.74) is 0. The van der Waals surface area contributed by atoms with Gasteiger partial charge in [-0.05, 0) is 12.8 Å². The van der Waals surface area contributed by atoms with Crippen LogP contribution in [-0.2, 0) is 44.3 Å². The van der Waals surface area contributed by atoms with Crippen molar-refractivity contribution in [2.45, 2.75) is 157 Å². The van der Waals surface area contributed by atoms with Gasteiger partial charge in [0.05, 0.1) is 13.2 Å². The third-order valence-electron chi connectivity index (χ3n) is 5.66. The van der Waals surface area contributed by atoms with Gasteiger partial charge in [-0.3, -0.25) is 9.59 Å². The van der Waals surface area contributed by atoms with Crippen molar-refractivity contribution in [3.8, 4) is 0 Å². The van der Waals surface area contributed by atoms with Crippen molar-refractivity contribution in [2.24, 2.45) is 0 Å². The van der Waals surface area contributed by atoms with E-state index in [1.807, 2.05) is 0 Å². The van der Waals surface area contributed by atoms with Crippen LogP contribution in [0.1, 0.15) is 157 Å². The fraction of sp³-hybridized carbons (Fsp3) is 0.933. The quantitative estimate of drug-likeness (QED) is 0.0443. The maximum atomic E-state index is 11.1. The number of carbonyl (C=O) groups is 2. The first-order chi connectivity index (χ1) is 16.6. The number of ether oxygens (including phenoxy) is 2. The summed E-state index contributed by atoms with van der Waals surface area (Å²) in [6, 6.07) is 0. The normalized spacial score (nSPS) is 9.62. The summed E-state index contributed by atoms with van der Waals surface area (Å²) in [6.45, 7) is 5.27. The van der Waals surface area contributed by atoms with Crippen LogP contribution in [0.5, 0.6) is 0 Å². The van der Waals surface area contributed by atoms with E-state index in [4.69, 9.17) is 34.7 Å². The van der Waals surface area contributed by atoms with Crippen molar-refractivity contribution < 1.29 is 19.1 Å². The predicted octanol–water partition coefficient (Wildman–Crippen LogP) is 8.89.